The van der Waals surface area contributed by atoms with Crippen LogP contribution in [0.3, 0.4) is 0 Å². The number of hydrogen-bond acceptors (Lipinski definition) is 6. The summed E-state index contributed by atoms with van der Waals surface area (Å²) in [4.78, 5) is 36.8. The summed E-state index contributed by atoms with van der Waals surface area (Å²) < 4.78 is 0. The third kappa shape index (κ3) is 7.11. The fraction of sp³-hybridized carbons (Fsp3) is 0.394. The Morgan fingerprint density at radius 2 is 1.61 bits per heavy atom. The second-order valence-electron chi connectivity index (χ2n) is 11.3. The maximum absolute atomic E-state index is 13.1. The van der Waals surface area contributed by atoms with Crippen molar-refractivity contribution >= 4 is 17.5 Å². The van der Waals surface area contributed by atoms with Gasteiger partial charge in [0.15, 0.2) is 0 Å². The average Bonchev–Trinajstić information content (AvgIpc) is 3.02. The number of aromatic nitrogens is 1. The molecule has 0 spiro atoms. The number of piperidine rings is 1. The summed E-state index contributed by atoms with van der Waals surface area (Å²) in [5, 5.41) is 12.1. The molecule has 3 aromatic rings. The fourth-order valence-electron chi connectivity index (χ4n) is 5.51. The molecule has 5 rings (SSSR count). The van der Waals surface area contributed by atoms with Gasteiger partial charge in [-0.25, -0.2) is 0 Å². The van der Waals surface area contributed by atoms with Crippen molar-refractivity contribution in [2.24, 2.45) is 0 Å². The summed E-state index contributed by atoms with van der Waals surface area (Å²) in [6.07, 6.45) is 3.26. The van der Waals surface area contributed by atoms with Gasteiger partial charge in [-0.3, -0.25) is 19.5 Å². The number of carbonyl (C=O) groups is 2. The van der Waals surface area contributed by atoms with Crippen molar-refractivity contribution in [1.29, 1.82) is 5.26 Å². The second-order valence-corrected chi connectivity index (χ2v) is 11.3. The van der Waals surface area contributed by atoms with Gasteiger partial charge in [-0.2, -0.15) is 5.26 Å². The Morgan fingerprint density at radius 3 is 2.20 bits per heavy atom. The Kier molecular flexibility index (Phi) is 8.95. The minimum Gasteiger partial charge on any atom is -0.368 e. The van der Waals surface area contributed by atoms with Crippen LogP contribution >= 0.6 is 0 Å². The Hall–Kier alpha value is -4.22. The van der Waals surface area contributed by atoms with E-state index < -0.39 is 0 Å². The molecule has 2 aliphatic heterocycles. The zero-order chi connectivity index (χ0) is 28.8. The lowest BCUT2D eigenvalue weighted by Crippen LogP contribution is -2.48. The predicted octanol–water partition coefficient (Wildman–Crippen LogP) is 4.43. The summed E-state index contributed by atoms with van der Waals surface area (Å²) >= 11 is 0. The molecular formula is C33H38N6O2. The van der Waals surface area contributed by atoms with Gasteiger partial charge in [0.1, 0.15) is 5.69 Å². The molecule has 8 heteroatoms. The Morgan fingerprint density at radius 1 is 0.927 bits per heavy atom. The highest BCUT2D eigenvalue weighted by Gasteiger charge is 2.24. The zero-order valence-corrected chi connectivity index (χ0v) is 23.9. The van der Waals surface area contributed by atoms with Crippen LogP contribution in [-0.4, -0.2) is 71.9 Å². The van der Waals surface area contributed by atoms with Crippen LogP contribution in [0.15, 0.2) is 66.9 Å². The monoisotopic (exact) mass is 550 g/mol. The Balaban J connectivity index is 1.07. The summed E-state index contributed by atoms with van der Waals surface area (Å²) in [6.45, 7) is 9.88. The van der Waals surface area contributed by atoms with Crippen LogP contribution in [0.25, 0.3) is 0 Å². The van der Waals surface area contributed by atoms with Crippen molar-refractivity contribution in [2.75, 3.05) is 44.2 Å². The molecule has 8 nitrogen and oxygen atoms in total. The minimum absolute atomic E-state index is 0.0473. The van der Waals surface area contributed by atoms with Crippen molar-refractivity contribution in [3.8, 4) is 6.07 Å². The quantitative estimate of drug-likeness (QED) is 0.468. The topological polar surface area (TPSA) is 92.6 Å². The first kappa shape index (κ1) is 28.3. The molecule has 0 radical (unpaired) electrons. The number of anilines is 1. The number of benzene rings is 2. The number of nitriles is 1. The van der Waals surface area contributed by atoms with Crippen LogP contribution in [0.5, 0.6) is 0 Å². The fourth-order valence-corrected chi connectivity index (χ4v) is 5.51. The number of piperazine rings is 1. The molecule has 3 heterocycles. The predicted molar refractivity (Wildman–Crippen MR) is 160 cm³/mol. The summed E-state index contributed by atoms with van der Waals surface area (Å²) in [5.74, 6) is 0.260. The van der Waals surface area contributed by atoms with E-state index in [9.17, 15) is 9.59 Å². The molecule has 212 valence electrons. The standard InChI is InChI=1S/C33H38N6O2/c1-24(2)27-7-10-30(11-8-27)38-17-19-39(20-18-38)33(41)28-9-12-31(35-22-28)32(40)36-29-13-15-37(16-14-29)23-26-5-3-25(21-34)4-6-26/h3-12,22,24,29H,13-20,23H2,1-2H3,(H,36,40). The van der Waals surface area contributed by atoms with E-state index in [1.165, 1.54) is 23.0 Å². The van der Waals surface area contributed by atoms with Crippen LogP contribution in [0, 0.1) is 11.3 Å². The third-order valence-electron chi connectivity index (χ3n) is 8.15. The molecule has 0 unspecified atom stereocenters. The Bertz CT molecular complexity index is 1360. The van der Waals surface area contributed by atoms with Gasteiger partial charge in [-0.1, -0.05) is 38.1 Å². The summed E-state index contributed by atoms with van der Waals surface area (Å²) in [7, 11) is 0. The number of likely N-dealkylation sites (tertiary alicyclic amines) is 1. The van der Waals surface area contributed by atoms with E-state index in [0.717, 1.165) is 45.6 Å². The van der Waals surface area contributed by atoms with Crippen molar-refractivity contribution in [1.82, 2.24) is 20.1 Å². The van der Waals surface area contributed by atoms with Gasteiger partial charge in [-0.05, 0) is 66.3 Å². The van der Waals surface area contributed by atoms with Gasteiger partial charge in [0.05, 0.1) is 17.2 Å². The van der Waals surface area contributed by atoms with Crippen molar-refractivity contribution in [2.45, 2.75) is 45.2 Å². The lowest BCUT2D eigenvalue weighted by atomic mass is 10.0. The molecule has 1 aromatic heterocycles. The molecule has 1 N–H and O–H groups in total. The van der Waals surface area contributed by atoms with Crippen LogP contribution < -0.4 is 10.2 Å². The number of carbonyl (C=O) groups excluding carboxylic acids is 2. The molecule has 0 bridgehead atoms. The normalized spacial score (nSPS) is 16.4. The van der Waals surface area contributed by atoms with Gasteiger partial charge in [0.25, 0.3) is 11.8 Å². The van der Waals surface area contributed by atoms with E-state index in [-0.39, 0.29) is 17.9 Å². The van der Waals surface area contributed by atoms with Gasteiger partial charge in [0.2, 0.25) is 0 Å². The maximum Gasteiger partial charge on any atom is 0.270 e. The first-order valence-electron chi connectivity index (χ1n) is 14.5. The molecule has 2 amide bonds. The molecule has 2 aliphatic rings. The van der Waals surface area contributed by atoms with Gasteiger partial charge in [0, 0.05) is 63.7 Å². The first-order chi connectivity index (χ1) is 19.9. The van der Waals surface area contributed by atoms with E-state index in [1.54, 1.807) is 12.1 Å². The van der Waals surface area contributed by atoms with Gasteiger partial charge < -0.3 is 15.1 Å². The summed E-state index contributed by atoms with van der Waals surface area (Å²) in [5.41, 5.74) is 5.21. The van der Waals surface area contributed by atoms with Gasteiger partial charge in [-0.15, -0.1) is 0 Å². The van der Waals surface area contributed by atoms with E-state index in [2.05, 4.69) is 64.3 Å². The number of pyridine rings is 1. The van der Waals surface area contributed by atoms with Crippen molar-refractivity contribution in [3.05, 3.63) is 94.8 Å². The third-order valence-corrected chi connectivity index (χ3v) is 8.15. The molecule has 41 heavy (non-hydrogen) atoms. The smallest absolute Gasteiger partial charge is 0.270 e. The molecule has 2 aromatic carbocycles. The molecular weight excluding hydrogens is 512 g/mol. The van der Waals surface area contributed by atoms with Crippen LogP contribution in [0.1, 0.15) is 70.1 Å². The SMILES string of the molecule is CC(C)c1ccc(N2CCN(C(=O)c3ccc(C(=O)NC4CCN(Cc5ccc(C#N)cc5)CC4)nc3)CC2)cc1. The Labute approximate surface area is 242 Å². The highest BCUT2D eigenvalue weighted by molar-refractivity contribution is 5.96. The van der Waals surface area contributed by atoms with Crippen molar-refractivity contribution < 1.29 is 9.59 Å². The average molecular weight is 551 g/mol. The maximum atomic E-state index is 13.1. The number of rotatable bonds is 7. The molecule has 2 fully saturated rings. The van der Waals surface area contributed by atoms with E-state index in [4.69, 9.17) is 5.26 Å². The summed E-state index contributed by atoms with van der Waals surface area (Å²) in [6, 6.07) is 22.0. The lowest BCUT2D eigenvalue weighted by Gasteiger charge is -2.36. The highest BCUT2D eigenvalue weighted by atomic mass is 16.2. The van der Waals surface area contributed by atoms with E-state index >= 15 is 0 Å². The number of amides is 2. The minimum atomic E-state index is -0.202. The van der Waals surface area contributed by atoms with Crippen LogP contribution in [0.4, 0.5) is 5.69 Å². The van der Waals surface area contributed by atoms with Crippen LogP contribution in [0.2, 0.25) is 0 Å². The van der Waals surface area contributed by atoms with Crippen LogP contribution in [-0.2, 0) is 6.54 Å². The molecule has 0 atom stereocenters. The van der Waals surface area contributed by atoms with E-state index in [1.807, 2.05) is 29.2 Å². The van der Waals surface area contributed by atoms with Gasteiger partial charge >= 0.3 is 0 Å². The lowest BCUT2D eigenvalue weighted by molar-refractivity contribution is 0.0745. The molecule has 2 saturated heterocycles. The molecule has 0 saturated carbocycles. The largest absolute Gasteiger partial charge is 0.368 e. The molecule has 0 aliphatic carbocycles. The van der Waals surface area contributed by atoms with Crippen molar-refractivity contribution in [3.63, 3.8) is 0 Å². The second kappa shape index (κ2) is 13.0. The number of hydrogen-bond donors (Lipinski definition) is 1. The zero-order valence-electron chi connectivity index (χ0n) is 23.9. The number of nitrogens with one attached hydrogen (secondary N) is 1. The highest BCUT2D eigenvalue weighted by Crippen LogP contribution is 2.22. The first-order valence-corrected chi connectivity index (χ1v) is 14.5. The number of nitrogens with zero attached hydrogens (tertiary/aromatic N) is 5. The van der Waals surface area contributed by atoms with E-state index in [0.29, 0.717) is 35.8 Å².